The number of amides is 1. The van der Waals surface area contributed by atoms with Crippen LogP contribution in [0.15, 0.2) is 0 Å². The van der Waals surface area contributed by atoms with Gasteiger partial charge in [-0.1, -0.05) is 20.8 Å². The zero-order valence-electron chi connectivity index (χ0n) is 8.22. The van der Waals surface area contributed by atoms with Gasteiger partial charge in [-0.2, -0.15) is 5.26 Å². The van der Waals surface area contributed by atoms with E-state index in [0.717, 1.165) is 0 Å². The van der Waals surface area contributed by atoms with Crippen molar-refractivity contribution in [2.24, 2.45) is 5.41 Å². The first-order chi connectivity index (χ1) is 5.37. The fraction of sp³-hybridized carbons (Fsp3) is 0.778. The summed E-state index contributed by atoms with van der Waals surface area (Å²) in [5.41, 5.74) is 0.000793. The smallest absolute Gasteiger partial charge is 0.223 e. The predicted octanol–water partition coefficient (Wildman–Crippen LogP) is 1.40. The van der Waals surface area contributed by atoms with E-state index in [4.69, 9.17) is 5.26 Å². The highest BCUT2D eigenvalue weighted by Gasteiger charge is 2.18. The average Bonchev–Trinajstić information content (AvgIpc) is 1.84. The van der Waals surface area contributed by atoms with Crippen LogP contribution in [0.4, 0.5) is 0 Å². The van der Waals surface area contributed by atoms with Gasteiger partial charge >= 0.3 is 0 Å². The predicted molar refractivity (Wildman–Crippen MR) is 47.3 cm³/mol. The molecule has 0 aliphatic rings. The van der Waals surface area contributed by atoms with Crippen molar-refractivity contribution >= 4 is 5.91 Å². The molecule has 0 N–H and O–H groups in total. The van der Waals surface area contributed by atoms with E-state index in [1.54, 1.807) is 7.05 Å². The van der Waals surface area contributed by atoms with Crippen molar-refractivity contribution in [1.82, 2.24) is 4.90 Å². The minimum atomic E-state index is 0.000793. The van der Waals surface area contributed by atoms with E-state index < -0.39 is 0 Å². The third-order valence-electron chi connectivity index (χ3n) is 1.42. The van der Waals surface area contributed by atoms with E-state index in [2.05, 4.69) is 0 Å². The zero-order chi connectivity index (χ0) is 9.78. The lowest BCUT2D eigenvalue weighted by Crippen LogP contribution is -2.30. The number of carbonyl (C=O) groups is 1. The van der Waals surface area contributed by atoms with Gasteiger partial charge in [0.2, 0.25) is 5.91 Å². The SMILES string of the molecule is CN(CC#N)C(=O)CC(C)(C)C. The fourth-order valence-corrected chi connectivity index (χ4v) is 0.783. The molecular weight excluding hydrogens is 152 g/mol. The maximum atomic E-state index is 11.3. The van der Waals surface area contributed by atoms with E-state index in [1.165, 1.54) is 4.90 Å². The van der Waals surface area contributed by atoms with Crippen molar-refractivity contribution in [2.45, 2.75) is 27.2 Å². The van der Waals surface area contributed by atoms with Gasteiger partial charge in [-0.3, -0.25) is 4.79 Å². The van der Waals surface area contributed by atoms with Gasteiger partial charge in [0.25, 0.3) is 0 Å². The summed E-state index contributed by atoms with van der Waals surface area (Å²) in [6, 6.07) is 1.94. The molecule has 0 saturated heterocycles. The highest BCUT2D eigenvalue weighted by Crippen LogP contribution is 2.19. The average molecular weight is 168 g/mol. The number of hydrogen-bond acceptors (Lipinski definition) is 2. The van der Waals surface area contributed by atoms with Gasteiger partial charge in [-0.25, -0.2) is 0 Å². The van der Waals surface area contributed by atoms with Crippen LogP contribution in [0, 0.1) is 16.7 Å². The highest BCUT2D eigenvalue weighted by atomic mass is 16.2. The molecular formula is C9H16N2O. The van der Waals surface area contributed by atoms with Crippen LogP contribution in [-0.2, 0) is 4.79 Å². The molecule has 68 valence electrons. The molecule has 3 heteroatoms. The summed E-state index contributed by atoms with van der Waals surface area (Å²) >= 11 is 0. The Labute approximate surface area is 74.0 Å². The lowest BCUT2D eigenvalue weighted by Gasteiger charge is -2.21. The van der Waals surface area contributed by atoms with Crippen molar-refractivity contribution in [3.8, 4) is 6.07 Å². The summed E-state index contributed by atoms with van der Waals surface area (Å²) in [6.07, 6.45) is 0.491. The van der Waals surface area contributed by atoms with Crippen LogP contribution in [0.2, 0.25) is 0 Å². The monoisotopic (exact) mass is 168 g/mol. The molecule has 0 aromatic rings. The molecule has 0 aromatic carbocycles. The first-order valence-corrected chi connectivity index (χ1v) is 3.98. The third kappa shape index (κ3) is 4.73. The maximum absolute atomic E-state index is 11.3. The van der Waals surface area contributed by atoms with Gasteiger partial charge in [0.1, 0.15) is 6.54 Å². The number of rotatable bonds is 2. The van der Waals surface area contributed by atoms with Crippen LogP contribution < -0.4 is 0 Å². The second-order valence-electron chi connectivity index (χ2n) is 4.15. The molecule has 0 aliphatic carbocycles. The standard InChI is InChI=1S/C9H16N2O/c1-9(2,3)7-8(12)11(4)6-5-10/h6-7H2,1-4H3. The summed E-state index contributed by atoms with van der Waals surface area (Å²) in [5, 5.41) is 8.34. The summed E-state index contributed by atoms with van der Waals surface area (Å²) in [6.45, 7) is 6.19. The van der Waals surface area contributed by atoms with E-state index in [9.17, 15) is 4.79 Å². The number of carbonyl (C=O) groups excluding carboxylic acids is 1. The molecule has 0 radical (unpaired) electrons. The van der Waals surface area contributed by atoms with Gasteiger partial charge in [0, 0.05) is 13.5 Å². The Morgan fingerprint density at radius 3 is 2.33 bits per heavy atom. The van der Waals surface area contributed by atoms with Crippen LogP contribution in [0.25, 0.3) is 0 Å². The molecule has 0 aliphatic heterocycles. The summed E-state index contributed by atoms with van der Waals surface area (Å²) in [4.78, 5) is 12.8. The molecule has 3 nitrogen and oxygen atoms in total. The van der Waals surface area contributed by atoms with Crippen molar-refractivity contribution < 1.29 is 4.79 Å². The molecule has 12 heavy (non-hydrogen) atoms. The van der Waals surface area contributed by atoms with Crippen LogP contribution in [0.3, 0.4) is 0 Å². The zero-order valence-corrected chi connectivity index (χ0v) is 8.22. The first-order valence-electron chi connectivity index (χ1n) is 3.98. The maximum Gasteiger partial charge on any atom is 0.223 e. The van der Waals surface area contributed by atoms with Crippen molar-refractivity contribution in [3.05, 3.63) is 0 Å². The Bertz CT molecular complexity index is 198. The Morgan fingerprint density at radius 1 is 1.50 bits per heavy atom. The van der Waals surface area contributed by atoms with Crippen molar-refractivity contribution in [1.29, 1.82) is 5.26 Å². The number of hydrogen-bond donors (Lipinski definition) is 0. The fourth-order valence-electron chi connectivity index (χ4n) is 0.783. The lowest BCUT2D eigenvalue weighted by molar-refractivity contribution is -0.131. The number of nitriles is 1. The van der Waals surface area contributed by atoms with Gasteiger partial charge < -0.3 is 4.90 Å². The lowest BCUT2D eigenvalue weighted by atomic mass is 9.92. The Morgan fingerprint density at radius 2 is 2.00 bits per heavy atom. The molecule has 0 rings (SSSR count). The Balaban J connectivity index is 3.98. The van der Waals surface area contributed by atoms with E-state index >= 15 is 0 Å². The second-order valence-corrected chi connectivity index (χ2v) is 4.15. The van der Waals surface area contributed by atoms with Crippen LogP contribution in [0.1, 0.15) is 27.2 Å². The minimum absolute atomic E-state index is 0.000793. The molecule has 0 heterocycles. The highest BCUT2D eigenvalue weighted by molar-refractivity contribution is 5.76. The minimum Gasteiger partial charge on any atom is -0.332 e. The van der Waals surface area contributed by atoms with E-state index in [0.29, 0.717) is 6.42 Å². The molecule has 1 amide bonds. The molecule has 0 unspecified atom stereocenters. The van der Waals surface area contributed by atoms with E-state index in [-0.39, 0.29) is 17.9 Å². The molecule has 0 aromatic heterocycles. The molecule has 0 saturated carbocycles. The van der Waals surface area contributed by atoms with Crippen LogP contribution >= 0.6 is 0 Å². The van der Waals surface area contributed by atoms with Gasteiger partial charge in [-0.15, -0.1) is 0 Å². The largest absolute Gasteiger partial charge is 0.332 e. The summed E-state index contributed by atoms with van der Waals surface area (Å²) in [5.74, 6) is 0.0315. The van der Waals surface area contributed by atoms with Crippen LogP contribution in [-0.4, -0.2) is 24.4 Å². The van der Waals surface area contributed by atoms with Crippen molar-refractivity contribution in [2.75, 3.05) is 13.6 Å². The number of nitrogens with zero attached hydrogens (tertiary/aromatic N) is 2. The normalized spacial score (nSPS) is 10.6. The van der Waals surface area contributed by atoms with Gasteiger partial charge in [0.15, 0.2) is 0 Å². The molecule has 0 atom stereocenters. The Hall–Kier alpha value is -1.04. The quantitative estimate of drug-likeness (QED) is 0.585. The van der Waals surface area contributed by atoms with Gasteiger partial charge in [0.05, 0.1) is 6.07 Å². The second kappa shape index (κ2) is 4.10. The molecule has 0 fully saturated rings. The summed E-state index contributed by atoms with van der Waals surface area (Å²) in [7, 11) is 1.65. The van der Waals surface area contributed by atoms with Crippen molar-refractivity contribution in [3.63, 3.8) is 0 Å². The first kappa shape index (κ1) is 11.0. The van der Waals surface area contributed by atoms with E-state index in [1.807, 2.05) is 26.8 Å². The molecule has 0 bridgehead atoms. The van der Waals surface area contributed by atoms with Gasteiger partial charge in [-0.05, 0) is 5.41 Å². The Kier molecular flexibility index (Phi) is 3.75. The third-order valence-corrected chi connectivity index (χ3v) is 1.42. The molecule has 0 spiro atoms. The van der Waals surface area contributed by atoms with Crippen LogP contribution in [0.5, 0.6) is 0 Å². The topological polar surface area (TPSA) is 44.1 Å². The summed E-state index contributed by atoms with van der Waals surface area (Å²) < 4.78 is 0.